The van der Waals surface area contributed by atoms with E-state index in [1.54, 1.807) is 6.07 Å². The first kappa shape index (κ1) is 14.6. The summed E-state index contributed by atoms with van der Waals surface area (Å²) >= 11 is 6.52. The normalized spacial score (nSPS) is 10.1. The molecule has 2 rings (SSSR count). The van der Waals surface area contributed by atoms with Crippen LogP contribution < -0.4 is 5.32 Å². The van der Waals surface area contributed by atoms with E-state index in [4.69, 9.17) is 0 Å². The van der Waals surface area contributed by atoms with Crippen LogP contribution in [0.15, 0.2) is 45.5 Å². The summed E-state index contributed by atoms with van der Waals surface area (Å²) in [6.07, 6.45) is 1.54. The molecular formula is C12H7Br2N3O3. The molecule has 0 saturated carbocycles. The fraction of sp³-hybridized carbons (Fsp3) is 0. The van der Waals surface area contributed by atoms with E-state index in [0.717, 1.165) is 4.47 Å². The first-order valence-electron chi connectivity index (χ1n) is 5.34. The molecule has 0 aliphatic heterocycles. The van der Waals surface area contributed by atoms with Crippen molar-refractivity contribution >= 4 is 49.3 Å². The van der Waals surface area contributed by atoms with Crippen LogP contribution in [0.3, 0.4) is 0 Å². The van der Waals surface area contributed by atoms with Crippen LogP contribution in [0.1, 0.15) is 10.4 Å². The van der Waals surface area contributed by atoms with E-state index in [1.807, 2.05) is 0 Å². The van der Waals surface area contributed by atoms with E-state index < -0.39 is 10.8 Å². The second-order valence-corrected chi connectivity index (χ2v) is 5.52. The molecule has 0 atom stereocenters. The number of nitro benzene ring substituents is 1. The third kappa shape index (κ3) is 3.40. The zero-order valence-electron chi connectivity index (χ0n) is 9.84. The highest BCUT2D eigenvalue weighted by Gasteiger charge is 2.13. The van der Waals surface area contributed by atoms with Gasteiger partial charge in [-0.2, -0.15) is 0 Å². The van der Waals surface area contributed by atoms with Crippen molar-refractivity contribution in [3.63, 3.8) is 0 Å². The summed E-state index contributed by atoms with van der Waals surface area (Å²) in [5, 5.41) is 13.3. The average molecular weight is 401 g/mol. The van der Waals surface area contributed by atoms with Crippen LogP contribution in [0.25, 0.3) is 0 Å². The highest BCUT2D eigenvalue weighted by molar-refractivity contribution is 9.11. The number of pyridine rings is 1. The van der Waals surface area contributed by atoms with Gasteiger partial charge >= 0.3 is 0 Å². The van der Waals surface area contributed by atoms with Crippen molar-refractivity contribution in [3.8, 4) is 0 Å². The highest BCUT2D eigenvalue weighted by atomic mass is 79.9. The molecule has 1 aromatic heterocycles. The number of carbonyl (C=O) groups is 1. The average Bonchev–Trinajstić information content (AvgIpc) is 2.42. The Bertz CT molecular complexity index is 691. The zero-order chi connectivity index (χ0) is 14.7. The number of amides is 1. The Kier molecular flexibility index (Phi) is 4.46. The molecule has 1 amide bonds. The summed E-state index contributed by atoms with van der Waals surface area (Å²) in [5.41, 5.74) is 0.0521. The number of nitro groups is 1. The summed E-state index contributed by atoms with van der Waals surface area (Å²) in [6.45, 7) is 0. The third-order valence-corrected chi connectivity index (χ3v) is 3.40. The second kappa shape index (κ2) is 6.10. The third-order valence-electron chi connectivity index (χ3n) is 2.36. The largest absolute Gasteiger partial charge is 0.306 e. The Hall–Kier alpha value is -1.80. The number of nitrogens with one attached hydrogen (secondary N) is 1. The van der Waals surface area contributed by atoms with Gasteiger partial charge in [0.25, 0.3) is 11.6 Å². The van der Waals surface area contributed by atoms with Crippen LogP contribution in [0.4, 0.5) is 11.5 Å². The van der Waals surface area contributed by atoms with Gasteiger partial charge in [-0.3, -0.25) is 14.9 Å². The van der Waals surface area contributed by atoms with Crippen molar-refractivity contribution in [1.29, 1.82) is 0 Å². The van der Waals surface area contributed by atoms with Crippen LogP contribution in [0, 0.1) is 10.1 Å². The smallest absolute Gasteiger partial charge is 0.270 e. The van der Waals surface area contributed by atoms with E-state index >= 15 is 0 Å². The van der Waals surface area contributed by atoms with Crippen LogP contribution >= 0.6 is 31.9 Å². The van der Waals surface area contributed by atoms with Gasteiger partial charge in [0.1, 0.15) is 5.82 Å². The fourth-order valence-electron chi connectivity index (χ4n) is 1.45. The Morgan fingerprint density at radius 1 is 1.30 bits per heavy atom. The van der Waals surface area contributed by atoms with Crippen molar-refractivity contribution in [3.05, 3.63) is 61.2 Å². The van der Waals surface area contributed by atoms with Crippen molar-refractivity contribution in [2.45, 2.75) is 0 Å². The van der Waals surface area contributed by atoms with Gasteiger partial charge in [0.2, 0.25) is 0 Å². The molecule has 0 bridgehead atoms. The number of benzene rings is 1. The number of anilines is 1. The standard InChI is InChI=1S/C12H7Br2N3O3/c13-8-5-10(14)11(15-6-8)16-12(18)7-2-1-3-9(4-7)17(19)20/h1-6H,(H,15,16,18). The summed E-state index contributed by atoms with van der Waals surface area (Å²) in [5.74, 6) is -0.131. The Morgan fingerprint density at radius 3 is 2.70 bits per heavy atom. The molecule has 20 heavy (non-hydrogen) atoms. The molecule has 1 aromatic carbocycles. The van der Waals surface area contributed by atoms with Crippen LogP contribution in [0.2, 0.25) is 0 Å². The lowest BCUT2D eigenvalue weighted by Gasteiger charge is -2.06. The van der Waals surface area contributed by atoms with E-state index in [2.05, 4.69) is 42.2 Å². The van der Waals surface area contributed by atoms with Gasteiger partial charge < -0.3 is 5.32 Å². The van der Waals surface area contributed by atoms with E-state index in [1.165, 1.54) is 30.5 Å². The summed E-state index contributed by atoms with van der Waals surface area (Å²) in [6, 6.07) is 7.22. The van der Waals surface area contributed by atoms with Gasteiger partial charge in [-0.25, -0.2) is 4.98 Å². The van der Waals surface area contributed by atoms with Gasteiger partial charge in [-0.05, 0) is 44.0 Å². The Labute approximate surface area is 130 Å². The minimum Gasteiger partial charge on any atom is -0.306 e. The summed E-state index contributed by atoms with van der Waals surface area (Å²) < 4.78 is 1.36. The quantitative estimate of drug-likeness (QED) is 0.627. The number of hydrogen-bond acceptors (Lipinski definition) is 4. The van der Waals surface area contributed by atoms with E-state index in [9.17, 15) is 14.9 Å². The molecule has 1 heterocycles. The molecule has 6 nitrogen and oxygen atoms in total. The predicted molar refractivity (Wildman–Crippen MR) is 80.7 cm³/mol. The number of hydrogen-bond donors (Lipinski definition) is 1. The van der Waals surface area contributed by atoms with Crippen LogP contribution in [-0.2, 0) is 0 Å². The first-order valence-corrected chi connectivity index (χ1v) is 6.93. The van der Waals surface area contributed by atoms with Crippen molar-refractivity contribution < 1.29 is 9.72 Å². The SMILES string of the molecule is O=C(Nc1ncc(Br)cc1Br)c1cccc([N+](=O)[O-])c1. The minimum atomic E-state index is -0.551. The maximum Gasteiger partial charge on any atom is 0.270 e. The molecule has 0 spiro atoms. The van der Waals surface area contributed by atoms with Crippen molar-refractivity contribution in [2.75, 3.05) is 5.32 Å². The van der Waals surface area contributed by atoms with Gasteiger partial charge in [0.15, 0.2) is 0 Å². The van der Waals surface area contributed by atoms with Gasteiger partial charge in [-0.1, -0.05) is 6.07 Å². The van der Waals surface area contributed by atoms with E-state index in [-0.39, 0.29) is 11.3 Å². The molecule has 2 aromatic rings. The monoisotopic (exact) mass is 399 g/mol. The number of nitrogens with zero attached hydrogens (tertiary/aromatic N) is 2. The molecule has 0 unspecified atom stereocenters. The first-order chi connectivity index (χ1) is 9.47. The van der Waals surface area contributed by atoms with Crippen molar-refractivity contribution in [1.82, 2.24) is 4.98 Å². The van der Waals surface area contributed by atoms with Gasteiger partial charge in [-0.15, -0.1) is 0 Å². The molecule has 8 heteroatoms. The topological polar surface area (TPSA) is 85.1 Å². The molecule has 1 N–H and O–H groups in total. The molecule has 0 radical (unpaired) electrons. The maximum atomic E-state index is 12.0. The molecular weight excluding hydrogens is 394 g/mol. The van der Waals surface area contributed by atoms with Gasteiger partial charge in [0.05, 0.1) is 9.40 Å². The lowest BCUT2D eigenvalue weighted by atomic mass is 10.2. The fourth-order valence-corrected chi connectivity index (χ4v) is 2.53. The number of aromatic nitrogens is 1. The minimum absolute atomic E-state index is 0.138. The molecule has 0 aliphatic rings. The second-order valence-electron chi connectivity index (χ2n) is 3.75. The maximum absolute atomic E-state index is 12.0. The highest BCUT2D eigenvalue weighted by Crippen LogP contribution is 2.24. The predicted octanol–water partition coefficient (Wildman–Crippen LogP) is 3.77. The number of non-ortho nitro benzene ring substituents is 1. The Morgan fingerprint density at radius 2 is 2.05 bits per heavy atom. The molecule has 102 valence electrons. The number of halogens is 2. The molecule has 0 fully saturated rings. The summed E-state index contributed by atoms with van der Waals surface area (Å²) in [7, 11) is 0. The van der Waals surface area contributed by atoms with E-state index in [0.29, 0.717) is 10.3 Å². The van der Waals surface area contributed by atoms with Gasteiger partial charge in [0, 0.05) is 28.4 Å². The van der Waals surface area contributed by atoms with Crippen molar-refractivity contribution in [2.24, 2.45) is 0 Å². The Balaban J connectivity index is 2.24. The lowest BCUT2D eigenvalue weighted by Crippen LogP contribution is -2.13. The van der Waals surface area contributed by atoms with Crippen LogP contribution in [0.5, 0.6) is 0 Å². The number of rotatable bonds is 3. The summed E-state index contributed by atoms with van der Waals surface area (Å²) in [4.78, 5) is 26.2. The molecule has 0 aliphatic carbocycles. The van der Waals surface area contributed by atoms with Crippen LogP contribution in [-0.4, -0.2) is 15.8 Å². The zero-order valence-corrected chi connectivity index (χ0v) is 13.0. The molecule has 0 saturated heterocycles. The number of carbonyl (C=O) groups excluding carboxylic acids is 1. The lowest BCUT2D eigenvalue weighted by molar-refractivity contribution is -0.384.